The maximum atomic E-state index is 12.4. The summed E-state index contributed by atoms with van der Waals surface area (Å²) in [5.74, 6) is 1.54. The van der Waals surface area contributed by atoms with Gasteiger partial charge in [0.2, 0.25) is 0 Å². The number of carbonyl (C=O) groups excluding carboxylic acids is 1. The number of piperidine rings is 1. The lowest BCUT2D eigenvalue weighted by Crippen LogP contribution is -2.45. The van der Waals surface area contributed by atoms with Crippen LogP contribution in [0.15, 0.2) is 40.8 Å². The number of hydrogen-bond acceptors (Lipinski definition) is 3. The van der Waals surface area contributed by atoms with Crippen LogP contribution >= 0.6 is 11.6 Å². The molecule has 1 unspecified atom stereocenters. The predicted octanol–water partition coefficient (Wildman–Crippen LogP) is 4.45. The average molecular weight is 361 g/mol. The molecule has 25 heavy (non-hydrogen) atoms. The maximum absolute atomic E-state index is 12.4. The highest BCUT2D eigenvalue weighted by molar-refractivity contribution is 6.33. The highest BCUT2D eigenvalue weighted by Gasteiger charge is 2.21. The molecule has 1 atom stereocenters. The fourth-order valence-corrected chi connectivity index (χ4v) is 3.42. The molecule has 1 aromatic carbocycles. The Morgan fingerprint density at radius 1 is 1.28 bits per heavy atom. The van der Waals surface area contributed by atoms with Crippen LogP contribution in [0.25, 0.3) is 11.3 Å². The summed E-state index contributed by atoms with van der Waals surface area (Å²) in [6.45, 7) is 7.30. The molecule has 2 heterocycles. The third-order valence-electron chi connectivity index (χ3n) is 4.97. The molecule has 3 rings (SSSR count). The van der Waals surface area contributed by atoms with Crippen molar-refractivity contribution in [1.82, 2.24) is 10.2 Å². The lowest BCUT2D eigenvalue weighted by molar-refractivity contribution is 0.0895. The SMILES string of the molecule is CC1CCN(C(C)CNC(=O)c2ccc(-c3ccccc3Cl)o2)CC1. The molecule has 1 aliphatic heterocycles. The first-order chi connectivity index (χ1) is 12.0. The molecule has 4 nitrogen and oxygen atoms in total. The number of rotatable bonds is 5. The largest absolute Gasteiger partial charge is 0.451 e. The topological polar surface area (TPSA) is 45.5 Å². The van der Waals surface area contributed by atoms with Crippen LogP contribution in [-0.2, 0) is 0 Å². The Bertz CT molecular complexity index is 720. The van der Waals surface area contributed by atoms with Crippen molar-refractivity contribution in [3.05, 3.63) is 47.2 Å². The highest BCUT2D eigenvalue weighted by Crippen LogP contribution is 2.29. The maximum Gasteiger partial charge on any atom is 0.287 e. The molecule has 0 bridgehead atoms. The van der Waals surface area contributed by atoms with Gasteiger partial charge < -0.3 is 9.73 Å². The van der Waals surface area contributed by atoms with E-state index in [0.717, 1.165) is 24.6 Å². The molecule has 134 valence electrons. The molecular formula is C20H25ClN2O2. The van der Waals surface area contributed by atoms with E-state index < -0.39 is 0 Å². The van der Waals surface area contributed by atoms with Crippen molar-refractivity contribution in [2.45, 2.75) is 32.7 Å². The van der Waals surface area contributed by atoms with Gasteiger partial charge in [-0.2, -0.15) is 0 Å². The van der Waals surface area contributed by atoms with Gasteiger partial charge in [-0.05, 0) is 63.0 Å². The second-order valence-corrected chi connectivity index (χ2v) is 7.33. The smallest absolute Gasteiger partial charge is 0.287 e. The quantitative estimate of drug-likeness (QED) is 0.856. The van der Waals surface area contributed by atoms with E-state index in [1.54, 1.807) is 18.2 Å². The minimum absolute atomic E-state index is 0.185. The van der Waals surface area contributed by atoms with Crippen LogP contribution < -0.4 is 5.32 Å². The van der Waals surface area contributed by atoms with E-state index in [1.165, 1.54) is 12.8 Å². The van der Waals surface area contributed by atoms with Gasteiger partial charge in [0.05, 0.1) is 5.02 Å². The summed E-state index contributed by atoms with van der Waals surface area (Å²) in [7, 11) is 0. The van der Waals surface area contributed by atoms with Crippen LogP contribution in [-0.4, -0.2) is 36.5 Å². The normalized spacial score (nSPS) is 17.4. The zero-order valence-corrected chi connectivity index (χ0v) is 15.6. The van der Waals surface area contributed by atoms with Gasteiger partial charge in [-0.1, -0.05) is 30.7 Å². The molecule has 5 heteroatoms. The number of carbonyl (C=O) groups is 1. The number of furan rings is 1. The van der Waals surface area contributed by atoms with Gasteiger partial charge in [0, 0.05) is 18.2 Å². The molecule has 1 aromatic heterocycles. The first-order valence-electron chi connectivity index (χ1n) is 8.91. The van der Waals surface area contributed by atoms with Gasteiger partial charge in [0.25, 0.3) is 5.91 Å². The number of likely N-dealkylation sites (tertiary alicyclic amines) is 1. The lowest BCUT2D eigenvalue weighted by atomic mass is 9.98. The summed E-state index contributed by atoms with van der Waals surface area (Å²) in [5, 5.41) is 3.59. The first kappa shape index (κ1) is 18.0. The molecule has 1 saturated heterocycles. The summed E-state index contributed by atoms with van der Waals surface area (Å²) in [5.41, 5.74) is 0.791. The van der Waals surface area contributed by atoms with Gasteiger partial charge in [0.1, 0.15) is 5.76 Å². The van der Waals surface area contributed by atoms with Crippen LogP contribution in [0.5, 0.6) is 0 Å². The second-order valence-electron chi connectivity index (χ2n) is 6.92. The molecule has 2 aromatic rings. The monoisotopic (exact) mass is 360 g/mol. The van der Waals surface area contributed by atoms with Gasteiger partial charge in [-0.3, -0.25) is 9.69 Å². The highest BCUT2D eigenvalue weighted by atomic mass is 35.5. The van der Waals surface area contributed by atoms with Crippen LogP contribution in [0, 0.1) is 5.92 Å². The number of hydrogen-bond donors (Lipinski definition) is 1. The number of amides is 1. The molecular weight excluding hydrogens is 336 g/mol. The number of nitrogens with one attached hydrogen (secondary N) is 1. The van der Waals surface area contributed by atoms with E-state index in [4.69, 9.17) is 16.0 Å². The average Bonchev–Trinajstić information content (AvgIpc) is 3.10. The fraction of sp³-hybridized carbons (Fsp3) is 0.450. The van der Waals surface area contributed by atoms with Crippen molar-refractivity contribution in [2.24, 2.45) is 5.92 Å². The predicted molar refractivity (Wildman–Crippen MR) is 101 cm³/mol. The minimum Gasteiger partial charge on any atom is -0.451 e. The van der Waals surface area contributed by atoms with Crippen LogP contribution in [0.1, 0.15) is 37.2 Å². The molecule has 0 radical (unpaired) electrons. The van der Waals surface area contributed by atoms with E-state index in [9.17, 15) is 4.79 Å². The third kappa shape index (κ3) is 4.44. The summed E-state index contributed by atoms with van der Waals surface area (Å²) in [6.07, 6.45) is 2.47. The van der Waals surface area contributed by atoms with Crippen LogP contribution in [0.3, 0.4) is 0 Å². The third-order valence-corrected chi connectivity index (χ3v) is 5.30. The molecule has 1 aliphatic rings. The Kier molecular flexibility index (Phi) is 5.82. The lowest BCUT2D eigenvalue weighted by Gasteiger charge is -2.34. The summed E-state index contributed by atoms with van der Waals surface area (Å²) < 4.78 is 5.69. The van der Waals surface area contributed by atoms with Crippen molar-refractivity contribution in [3.8, 4) is 11.3 Å². The Hall–Kier alpha value is -1.78. The van der Waals surface area contributed by atoms with Crippen molar-refractivity contribution >= 4 is 17.5 Å². The Labute approximate surface area is 154 Å². The van der Waals surface area contributed by atoms with E-state index in [1.807, 2.05) is 18.2 Å². The van der Waals surface area contributed by atoms with Gasteiger partial charge in [0.15, 0.2) is 5.76 Å². The molecule has 1 fully saturated rings. The van der Waals surface area contributed by atoms with Gasteiger partial charge >= 0.3 is 0 Å². The summed E-state index contributed by atoms with van der Waals surface area (Å²) in [6, 6.07) is 11.2. The Balaban J connectivity index is 1.56. The van der Waals surface area contributed by atoms with Crippen LogP contribution in [0.4, 0.5) is 0 Å². The fourth-order valence-electron chi connectivity index (χ4n) is 3.19. The van der Waals surface area contributed by atoms with E-state index in [0.29, 0.717) is 29.1 Å². The van der Waals surface area contributed by atoms with Crippen LogP contribution in [0.2, 0.25) is 5.02 Å². The molecule has 0 spiro atoms. The van der Waals surface area contributed by atoms with E-state index in [2.05, 4.69) is 24.1 Å². The molecule has 0 aliphatic carbocycles. The van der Waals surface area contributed by atoms with Crippen molar-refractivity contribution < 1.29 is 9.21 Å². The van der Waals surface area contributed by atoms with Crippen molar-refractivity contribution in [2.75, 3.05) is 19.6 Å². The first-order valence-corrected chi connectivity index (χ1v) is 9.29. The molecule has 1 amide bonds. The van der Waals surface area contributed by atoms with Crippen molar-refractivity contribution in [3.63, 3.8) is 0 Å². The summed E-state index contributed by atoms with van der Waals surface area (Å²) in [4.78, 5) is 14.8. The van der Waals surface area contributed by atoms with Gasteiger partial charge in [-0.25, -0.2) is 0 Å². The minimum atomic E-state index is -0.185. The zero-order valence-electron chi connectivity index (χ0n) is 14.8. The zero-order chi connectivity index (χ0) is 17.8. The second kappa shape index (κ2) is 8.07. The molecule has 0 saturated carbocycles. The summed E-state index contributed by atoms with van der Waals surface area (Å²) >= 11 is 6.18. The standard InChI is InChI=1S/C20H25ClN2O2/c1-14-9-11-23(12-10-14)15(2)13-22-20(24)19-8-7-18(25-19)16-5-3-4-6-17(16)21/h3-8,14-15H,9-13H2,1-2H3,(H,22,24). The van der Waals surface area contributed by atoms with Gasteiger partial charge in [-0.15, -0.1) is 0 Å². The Morgan fingerprint density at radius 2 is 2.00 bits per heavy atom. The number of nitrogens with zero attached hydrogens (tertiary/aromatic N) is 1. The Morgan fingerprint density at radius 3 is 2.72 bits per heavy atom. The van der Waals surface area contributed by atoms with Crippen molar-refractivity contribution in [1.29, 1.82) is 0 Å². The number of benzene rings is 1. The molecule has 1 N–H and O–H groups in total. The van der Waals surface area contributed by atoms with E-state index in [-0.39, 0.29) is 5.91 Å². The number of halogens is 1. The van der Waals surface area contributed by atoms with E-state index >= 15 is 0 Å².